The third kappa shape index (κ3) is 4.10. The van der Waals surface area contributed by atoms with Crippen LogP contribution in [-0.4, -0.2) is 19.9 Å². The lowest BCUT2D eigenvalue weighted by Crippen LogP contribution is -2.00. The second-order valence-corrected chi connectivity index (χ2v) is 11.9. The Labute approximate surface area is 268 Å². The van der Waals surface area contributed by atoms with Crippen LogP contribution < -0.4 is 0 Å². The molecule has 0 atom stereocenters. The van der Waals surface area contributed by atoms with Gasteiger partial charge >= 0.3 is 0 Å². The van der Waals surface area contributed by atoms with Crippen LogP contribution in [0.3, 0.4) is 0 Å². The van der Waals surface area contributed by atoms with Gasteiger partial charge < -0.3 is 4.42 Å². The summed E-state index contributed by atoms with van der Waals surface area (Å²) in [5.74, 6) is 1.86. The number of hydrogen-bond donors (Lipinski definition) is 0. The second kappa shape index (κ2) is 10.0. The third-order valence-electron chi connectivity index (χ3n) is 9.18. The maximum atomic E-state index is 6.36. The van der Waals surface area contributed by atoms with E-state index in [0.29, 0.717) is 17.5 Å². The van der Waals surface area contributed by atoms with Crippen molar-refractivity contribution in [2.24, 2.45) is 0 Å². The minimum atomic E-state index is 0.611. The largest absolute Gasteiger partial charge is 0.455 e. The van der Waals surface area contributed by atoms with E-state index in [0.717, 1.165) is 60.2 Å². The first-order chi connectivity index (χ1) is 23.3. The van der Waals surface area contributed by atoms with Gasteiger partial charge in [-0.05, 0) is 62.0 Å². The van der Waals surface area contributed by atoms with Crippen LogP contribution in [0.5, 0.6) is 0 Å². The zero-order valence-corrected chi connectivity index (χ0v) is 25.1. The molecule has 10 aromatic rings. The molecular weight excluding hydrogens is 576 g/mol. The highest BCUT2D eigenvalue weighted by molar-refractivity contribution is 6.17. The van der Waals surface area contributed by atoms with Crippen molar-refractivity contribution in [1.82, 2.24) is 19.9 Å². The SMILES string of the molecule is c1ccc2cc(-c3nc(-c4ccc5c(ccc6ccccc65)c4)nc(-c4cccc5c4ccc4c6cnccc6oc54)n3)ccc2c1. The number of hydrogen-bond acceptors (Lipinski definition) is 5. The highest BCUT2D eigenvalue weighted by atomic mass is 16.3. The number of furan rings is 1. The number of nitrogens with zero attached hydrogens (tertiary/aromatic N) is 4. The molecule has 218 valence electrons. The highest BCUT2D eigenvalue weighted by Gasteiger charge is 2.18. The van der Waals surface area contributed by atoms with E-state index in [-0.39, 0.29) is 0 Å². The molecule has 0 radical (unpaired) electrons. The first kappa shape index (κ1) is 25.8. The average Bonchev–Trinajstić information content (AvgIpc) is 3.53. The highest BCUT2D eigenvalue weighted by Crippen LogP contribution is 2.38. The summed E-state index contributed by atoms with van der Waals surface area (Å²) in [5, 5.41) is 11.2. The van der Waals surface area contributed by atoms with Gasteiger partial charge in [-0.15, -0.1) is 0 Å². The van der Waals surface area contributed by atoms with E-state index in [1.807, 2.05) is 18.3 Å². The molecule has 5 nitrogen and oxygen atoms in total. The van der Waals surface area contributed by atoms with Crippen molar-refractivity contribution in [1.29, 1.82) is 0 Å². The summed E-state index contributed by atoms with van der Waals surface area (Å²) >= 11 is 0. The van der Waals surface area contributed by atoms with Crippen LogP contribution in [-0.2, 0) is 0 Å². The number of benzene rings is 7. The van der Waals surface area contributed by atoms with Crippen molar-refractivity contribution in [3.8, 4) is 34.2 Å². The Morgan fingerprint density at radius 1 is 0.404 bits per heavy atom. The minimum Gasteiger partial charge on any atom is -0.455 e. The number of rotatable bonds is 3. The Kier molecular flexibility index (Phi) is 5.51. The molecule has 5 heteroatoms. The van der Waals surface area contributed by atoms with Crippen molar-refractivity contribution >= 4 is 65.0 Å². The van der Waals surface area contributed by atoms with E-state index in [9.17, 15) is 0 Å². The normalized spacial score (nSPS) is 11.8. The van der Waals surface area contributed by atoms with Crippen LogP contribution in [0.2, 0.25) is 0 Å². The van der Waals surface area contributed by atoms with Crippen LogP contribution in [0.4, 0.5) is 0 Å². The van der Waals surface area contributed by atoms with Crippen LogP contribution in [0.1, 0.15) is 0 Å². The maximum absolute atomic E-state index is 6.36. The molecule has 0 saturated heterocycles. The van der Waals surface area contributed by atoms with Gasteiger partial charge in [0.15, 0.2) is 17.5 Å². The van der Waals surface area contributed by atoms with Crippen molar-refractivity contribution < 1.29 is 4.42 Å². The monoisotopic (exact) mass is 600 g/mol. The molecule has 0 fully saturated rings. The molecule has 0 aliphatic carbocycles. The smallest absolute Gasteiger partial charge is 0.164 e. The molecule has 0 unspecified atom stereocenters. The van der Waals surface area contributed by atoms with Gasteiger partial charge in [0.05, 0.1) is 0 Å². The summed E-state index contributed by atoms with van der Waals surface area (Å²) < 4.78 is 6.36. The van der Waals surface area contributed by atoms with Crippen LogP contribution in [0.25, 0.3) is 99.2 Å². The van der Waals surface area contributed by atoms with Crippen LogP contribution >= 0.6 is 0 Å². The maximum Gasteiger partial charge on any atom is 0.164 e. The number of aromatic nitrogens is 4. The molecule has 0 saturated carbocycles. The molecule has 0 aliphatic rings. The standard InChI is InChI=1S/C42H24N4O/c1-2-8-27-22-29(15-12-25(27)6-1)40-44-41(30-16-17-32-28(23-30)14-13-26-7-3-4-9-31(26)32)46-42(45-40)36-11-5-10-34-33(36)18-19-35-37-24-43-21-20-38(37)47-39(34)35/h1-24H. The lowest BCUT2D eigenvalue weighted by molar-refractivity contribution is 0.672. The molecule has 0 aliphatic heterocycles. The van der Waals surface area contributed by atoms with Gasteiger partial charge in [-0.3, -0.25) is 4.98 Å². The average molecular weight is 601 g/mol. The van der Waals surface area contributed by atoms with Gasteiger partial charge in [-0.2, -0.15) is 0 Å². The van der Waals surface area contributed by atoms with E-state index in [2.05, 4.69) is 126 Å². The summed E-state index contributed by atoms with van der Waals surface area (Å²) in [6, 6.07) is 46.4. The summed E-state index contributed by atoms with van der Waals surface area (Å²) in [5.41, 5.74) is 4.44. The van der Waals surface area contributed by atoms with Crippen molar-refractivity contribution in [3.05, 3.63) is 146 Å². The number of pyridine rings is 1. The fraction of sp³-hybridized carbons (Fsp3) is 0. The van der Waals surface area contributed by atoms with E-state index in [1.54, 1.807) is 6.20 Å². The van der Waals surface area contributed by atoms with Crippen molar-refractivity contribution in [3.63, 3.8) is 0 Å². The summed E-state index contributed by atoms with van der Waals surface area (Å²) in [6.07, 6.45) is 3.62. The molecule has 47 heavy (non-hydrogen) atoms. The van der Waals surface area contributed by atoms with Gasteiger partial charge in [-0.25, -0.2) is 15.0 Å². The Morgan fingerprint density at radius 3 is 1.91 bits per heavy atom. The molecule has 3 aromatic heterocycles. The topological polar surface area (TPSA) is 64.7 Å². The van der Waals surface area contributed by atoms with Crippen LogP contribution in [0.15, 0.2) is 150 Å². The zero-order chi connectivity index (χ0) is 30.9. The van der Waals surface area contributed by atoms with Crippen molar-refractivity contribution in [2.75, 3.05) is 0 Å². The molecular formula is C42H24N4O. The number of fused-ring (bicyclic) bond motifs is 9. The van der Waals surface area contributed by atoms with E-state index >= 15 is 0 Å². The molecule has 0 bridgehead atoms. The summed E-state index contributed by atoms with van der Waals surface area (Å²) in [4.78, 5) is 19.7. The quantitative estimate of drug-likeness (QED) is 0.189. The first-order valence-electron chi connectivity index (χ1n) is 15.6. The lowest BCUT2D eigenvalue weighted by Gasteiger charge is -2.12. The minimum absolute atomic E-state index is 0.611. The van der Waals surface area contributed by atoms with Gasteiger partial charge in [-0.1, -0.05) is 109 Å². The predicted octanol–water partition coefficient (Wildman–Crippen LogP) is 10.8. The van der Waals surface area contributed by atoms with Gasteiger partial charge in [0.2, 0.25) is 0 Å². The zero-order valence-electron chi connectivity index (χ0n) is 25.1. The Bertz CT molecular complexity index is 2870. The molecule has 0 N–H and O–H groups in total. The fourth-order valence-electron chi connectivity index (χ4n) is 6.87. The van der Waals surface area contributed by atoms with Crippen LogP contribution in [0, 0.1) is 0 Å². The van der Waals surface area contributed by atoms with E-state index < -0.39 is 0 Å². The molecule has 0 spiro atoms. The summed E-state index contributed by atoms with van der Waals surface area (Å²) in [7, 11) is 0. The molecule has 10 rings (SSSR count). The lowest BCUT2D eigenvalue weighted by atomic mass is 9.99. The Hall–Kier alpha value is -6.46. The van der Waals surface area contributed by atoms with Gasteiger partial charge in [0.1, 0.15) is 11.2 Å². The molecule has 7 aromatic carbocycles. The van der Waals surface area contributed by atoms with Gasteiger partial charge in [0, 0.05) is 45.2 Å². The van der Waals surface area contributed by atoms with Crippen molar-refractivity contribution in [2.45, 2.75) is 0 Å². The Morgan fingerprint density at radius 2 is 1.02 bits per heavy atom. The molecule has 0 amide bonds. The van der Waals surface area contributed by atoms with E-state index in [1.165, 1.54) is 21.5 Å². The van der Waals surface area contributed by atoms with E-state index in [4.69, 9.17) is 19.4 Å². The molecule has 3 heterocycles. The second-order valence-electron chi connectivity index (χ2n) is 11.9. The van der Waals surface area contributed by atoms with Gasteiger partial charge in [0.25, 0.3) is 0 Å². The Balaban J connectivity index is 1.21. The predicted molar refractivity (Wildman–Crippen MR) is 191 cm³/mol. The fourth-order valence-corrected chi connectivity index (χ4v) is 6.87. The third-order valence-corrected chi connectivity index (χ3v) is 9.18. The summed E-state index contributed by atoms with van der Waals surface area (Å²) in [6.45, 7) is 0. The first-order valence-corrected chi connectivity index (χ1v) is 15.6.